The maximum absolute atomic E-state index is 11.9. The predicted octanol–water partition coefficient (Wildman–Crippen LogP) is 0.358. The van der Waals surface area contributed by atoms with E-state index >= 15 is 0 Å². The normalized spacial score (nSPS) is 12.4. The maximum atomic E-state index is 11.9. The molecule has 1 atom stereocenters. The van der Waals surface area contributed by atoms with Crippen molar-refractivity contribution in [2.75, 3.05) is 0 Å². The van der Waals surface area contributed by atoms with Gasteiger partial charge in [-0.05, 0) is 19.1 Å². The Morgan fingerprint density at radius 1 is 1.61 bits per heavy atom. The number of amides is 1. The summed E-state index contributed by atoms with van der Waals surface area (Å²) >= 11 is 0. The summed E-state index contributed by atoms with van der Waals surface area (Å²) in [6.07, 6.45) is 1.58. The van der Waals surface area contributed by atoms with E-state index in [1.54, 1.807) is 23.0 Å². The Morgan fingerprint density at radius 2 is 2.39 bits per heavy atom. The fourth-order valence-corrected chi connectivity index (χ4v) is 1.63. The van der Waals surface area contributed by atoms with Gasteiger partial charge in [-0.1, -0.05) is 0 Å². The Morgan fingerprint density at radius 3 is 2.94 bits per heavy atom. The number of nitrogens with one attached hydrogen (secondary N) is 1. The molecule has 18 heavy (non-hydrogen) atoms. The van der Waals surface area contributed by atoms with E-state index < -0.39 is 0 Å². The summed E-state index contributed by atoms with van der Waals surface area (Å²) in [5.41, 5.74) is 5.41. The lowest BCUT2D eigenvalue weighted by molar-refractivity contribution is 0.0908. The van der Waals surface area contributed by atoms with Crippen LogP contribution in [0.15, 0.2) is 22.9 Å². The van der Waals surface area contributed by atoms with Gasteiger partial charge in [0, 0.05) is 7.05 Å². The van der Waals surface area contributed by atoms with Crippen molar-refractivity contribution < 1.29 is 9.21 Å². The molecule has 0 bridgehead atoms. The van der Waals surface area contributed by atoms with Gasteiger partial charge < -0.3 is 20.0 Å². The third kappa shape index (κ3) is 2.40. The SMILES string of the molecule is CC(NC(=O)c1ccc(CN)o1)c1nncn1C. The van der Waals surface area contributed by atoms with Crippen molar-refractivity contribution in [2.45, 2.75) is 19.5 Å². The summed E-state index contributed by atoms with van der Waals surface area (Å²) in [4.78, 5) is 11.9. The summed E-state index contributed by atoms with van der Waals surface area (Å²) in [6, 6.07) is 3.03. The zero-order chi connectivity index (χ0) is 13.1. The van der Waals surface area contributed by atoms with Gasteiger partial charge in [0.2, 0.25) is 0 Å². The van der Waals surface area contributed by atoms with Crippen molar-refractivity contribution in [1.29, 1.82) is 0 Å². The molecule has 0 aliphatic heterocycles. The fraction of sp³-hybridized carbons (Fsp3) is 0.364. The number of carbonyl (C=O) groups excluding carboxylic acids is 1. The van der Waals surface area contributed by atoms with Gasteiger partial charge in [-0.15, -0.1) is 10.2 Å². The van der Waals surface area contributed by atoms with Crippen LogP contribution in [0.3, 0.4) is 0 Å². The Hall–Kier alpha value is -2.15. The highest BCUT2D eigenvalue weighted by Gasteiger charge is 2.17. The Kier molecular flexibility index (Phi) is 3.42. The summed E-state index contributed by atoms with van der Waals surface area (Å²) in [5.74, 6) is 1.19. The van der Waals surface area contributed by atoms with Gasteiger partial charge in [0.25, 0.3) is 5.91 Å². The first-order valence-corrected chi connectivity index (χ1v) is 5.55. The van der Waals surface area contributed by atoms with Gasteiger partial charge in [0.05, 0.1) is 12.6 Å². The molecule has 0 saturated carbocycles. The number of nitrogens with zero attached hydrogens (tertiary/aromatic N) is 3. The van der Waals surface area contributed by atoms with Crippen LogP contribution in [0, 0.1) is 0 Å². The van der Waals surface area contributed by atoms with Gasteiger partial charge >= 0.3 is 0 Å². The molecule has 1 unspecified atom stereocenters. The van der Waals surface area contributed by atoms with Crippen LogP contribution >= 0.6 is 0 Å². The molecular weight excluding hydrogens is 234 g/mol. The molecular formula is C11H15N5O2. The van der Waals surface area contributed by atoms with Crippen molar-refractivity contribution in [2.24, 2.45) is 12.8 Å². The second-order valence-corrected chi connectivity index (χ2v) is 3.97. The van der Waals surface area contributed by atoms with Gasteiger partial charge in [-0.2, -0.15) is 0 Å². The smallest absolute Gasteiger partial charge is 0.287 e. The standard InChI is InChI=1S/C11H15N5O2/c1-7(10-15-13-6-16(10)2)14-11(17)9-4-3-8(5-12)18-9/h3-4,6-7H,5,12H2,1-2H3,(H,14,17). The molecule has 0 aliphatic rings. The molecule has 0 saturated heterocycles. The second kappa shape index (κ2) is 5.01. The molecule has 2 aromatic heterocycles. The first-order chi connectivity index (χ1) is 8.61. The molecule has 7 nitrogen and oxygen atoms in total. The zero-order valence-corrected chi connectivity index (χ0v) is 10.3. The van der Waals surface area contributed by atoms with E-state index in [4.69, 9.17) is 10.2 Å². The van der Waals surface area contributed by atoms with Crippen LogP contribution in [0.4, 0.5) is 0 Å². The van der Waals surface area contributed by atoms with Crippen LogP contribution in [0.2, 0.25) is 0 Å². The maximum Gasteiger partial charge on any atom is 0.287 e. The Balaban J connectivity index is 2.05. The van der Waals surface area contributed by atoms with E-state index in [9.17, 15) is 4.79 Å². The monoisotopic (exact) mass is 249 g/mol. The lowest BCUT2D eigenvalue weighted by Crippen LogP contribution is -2.28. The number of carbonyl (C=O) groups is 1. The number of furan rings is 1. The Labute approximate surface area is 104 Å². The average molecular weight is 249 g/mol. The minimum atomic E-state index is -0.301. The van der Waals surface area contributed by atoms with Crippen LogP contribution in [0.5, 0.6) is 0 Å². The molecule has 96 valence electrons. The van der Waals surface area contributed by atoms with Crippen LogP contribution in [-0.2, 0) is 13.6 Å². The zero-order valence-electron chi connectivity index (χ0n) is 10.3. The largest absolute Gasteiger partial charge is 0.455 e. The van der Waals surface area contributed by atoms with Crippen molar-refractivity contribution in [3.05, 3.63) is 35.8 Å². The van der Waals surface area contributed by atoms with Crippen LogP contribution in [0.25, 0.3) is 0 Å². The lowest BCUT2D eigenvalue weighted by atomic mass is 10.3. The van der Waals surface area contributed by atoms with E-state index in [0.717, 1.165) is 0 Å². The highest BCUT2D eigenvalue weighted by molar-refractivity contribution is 5.91. The average Bonchev–Trinajstić information content (AvgIpc) is 2.96. The molecule has 0 fully saturated rings. The Bertz CT molecular complexity index is 545. The summed E-state index contributed by atoms with van der Waals surface area (Å²) in [5, 5.41) is 10.5. The molecule has 3 N–H and O–H groups in total. The van der Waals surface area contributed by atoms with E-state index in [1.165, 1.54) is 0 Å². The topological polar surface area (TPSA) is 99.0 Å². The predicted molar refractivity (Wildman–Crippen MR) is 63.5 cm³/mol. The summed E-state index contributed by atoms with van der Waals surface area (Å²) < 4.78 is 7.01. The van der Waals surface area contributed by atoms with Crippen LogP contribution in [-0.4, -0.2) is 20.7 Å². The number of rotatable bonds is 4. The van der Waals surface area contributed by atoms with Gasteiger partial charge in [0.1, 0.15) is 12.1 Å². The minimum Gasteiger partial charge on any atom is -0.455 e. The lowest BCUT2D eigenvalue weighted by Gasteiger charge is -2.11. The molecule has 0 aromatic carbocycles. The quantitative estimate of drug-likeness (QED) is 0.815. The first-order valence-electron chi connectivity index (χ1n) is 5.55. The second-order valence-electron chi connectivity index (χ2n) is 3.97. The number of hydrogen-bond acceptors (Lipinski definition) is 5. The van der Waals surface area contributed by atoms with Gasteiger partial charge in [-0.3, -0.25) is 4.79 Å². The summed E-state index contributed by atoms with van der Waals surface area (Å²) in [7, 11) is 1.82. The molecule has 0 radical (unpaired) electrons. The first kappa shape index (κ1) is 12.3. The molecule has 2 heterocycles. The van der Waals surface area contributed by atoms with E-state index in [0.29, 0.717) is 11.6 Å². The van der Waals surface area contributed by atoms with Gasteiger partial charge in [0.15, 0.2) is 11.6 Å². The van der Waals surface area contributed by atoms with Crippen molar-refractivity contribution in [3.8, 4) is 0 Å². The highest BCUT2D eigenvalue weighted by Crippen LogP contribution is 2.11. The molecule has 1 amide bonds. The highest BCUT2D eigenvalue weighted by atomic mass is 16.4. The summed E-state index contributed by atoms with van der Waals surface area (Å²) in [6.45, 7) is 2.10. The van der Waals surface area contributed by atoms with Crippen molar-refractivity contribution >= 4 is 5.91 Å². The van der Waals surface area contributed by atoms with E-state index in [2.05, 4.69) is 15.5 Å². The molecule has 0 aliphatic carbocycles. The third-order valence-corrected chi connectivity index (χ3v) is 2.57. The number of nitrogens with two attached hydrogens (primary N) is 1. The number of hydrogen-bond donors (Lipinski definition) is 2. The van der Waals surface area contributed by atoms with E-state index in [-0.39, 0.29) is 24.3 Å². The molecule has 2 rings (SSSR count). The molecule has 7 heteroatoms. The van der Waals surface area contributed by atoms with Crippen molar-refractivity contribution in [3.63, 3.8) is 0 Å². The fourth-order valence-electron chi connectivity index (χ4n) is 1.63. The van der Waals surface area contributed by atoms with Crippen molar-refractivity contribution in [1.82, 2.24) is 20.1 Å². The molecule has 0 spiro atoms. The molecule has 2 aromatic rings. The van der Waals surface area contributed by atoms with Crippen LogP contribution in [0.1, 0.15) is 35.1 Å². The van der Waals surface area contributed by atoms with E-state index in [1.807, 2.05) is 14.0 Å². The number of aryl methyl sites for hydroxylation is 1. The van der Waals surface area contributed by atoms with Crippen LogP contribution < -0.4 is 11.1 Å². The minimum absolute atomic E-state index is 0.240. The van der Waals surface area contributed by atoms with Gasteiger partial charge in [-0.25, -0.2) is 0 Å². The number of aromatic nitrogens is 3. The third-order valence-electron chi connectivity index (χ3n) is 2.57.